The maximum Gasteiger partial charge on any atom is 0.339 e. The Balaban J connectivity index is 2.46. The van der Waals surface area contributed by atoms with Crippen LogP contribution in [0.2, 0.25) is 5.02 Å². The zero-order valence-corrected chi connectivity index (χ0v) is 12.6. The van der Waals surface area contributed by atoms with E-state index in [-0.39, 0.29) is 22.8 Å². The third-order valence-electron chi connectivity index (χ3n) is 2.41. The van der Waals surface area contributed by atoms with E-state index >= 15 is 0 Å². The molecule has 2 rings (SSSR count). The number of nitrogens with zero attached hydrogens (tertiary/aromatic N) is 1. The number of halogens is 1. The quantitative estimate of drug-likeness (QED) is 0.508. The maximum atomic E-state index is 12.0. The fraction of sp³-hybridized carbons (Fsp3) is 0.154. The van der Waals surface area contributed by atoms with Crippen molar-refractivity contribution < 1.29 is 9.53 Å². The van der Waals surface area contributed by atoms with Crippen LogP contribution in [0.15, 0.2) is 39.2 Å². The van der Waals surface area contributed by atoms with E-state index in [9.17, 15) is 9.59 Å². The van der Waals surface area contributed by atoms with Crippen LogP contribution in [-0.2, 0) is 4.74 Å². The zero-order valence-electron chi connectivity index (χ0n) is 11.1. The number of ether oxygens (including phenoxy) is 1. The molecular formula is C13H12ClN3O3S. The van der Waals surface area contributed by atoms with E-state index in [0.717, 1.165) is 11.8 Å². The van der Waals surface area contributed by atoms with Gasteiger partial charge in [0, 0.05) is 22.8 Å². The second-order valence-electron chi connectivity index (χ2n) is 3.94. The highest BCUT2D eigenvalue weighted by molar-refractivity contribution is 7.99. The van der Waals surface area contributed by atoms with Crippen LogP contribution < -0.4 is 11.3 Å². The first-order chi connectivity index (χ1) is 10.0. The number of anilines is 1. The van der Waals surface area contributed by atoms with E-state index in [1.807, 2.05) is 0 Å². The van der Waals surface area contributed by atoms with Gasteiger partial charge in [0.05, 0.1) is 17.2 Å². The van der Waals surface area contributed by atoms with E-state index in [1.54, 1.807) is 6.92 Å². The summed E-state index contributed by atoms with van der Waals surface area (Å²) in [5, 5.41) is 0.606. The van der Waals surface area contributed by atoms with Crippen molar-refractivity contribution in [2.75, 3.05) is 12.3 Å². The molecule has 110 valence electrons. The van der Waals surface area contributed by atoms with E-state index in [2.05, 4.69) is 9.97 Å². The Labute approximate surface area is 129 Å². The molecule has 0 spiro atoms. The molecule has 8 heteroatoms. The summed E-state index contributed by atoms with van der Waals surface area (Å²) in [4.78, 5) is 30.3. The molecule has 2 aromatic rings. The van der Waals surface area contributed by atoms with Crippen molar-refractivity contribution in [1.29, 1.82) is 0 Å². The van der Waals surface area contributed by atoms with Crippen molar-refractivity contribution in [3.05, 3.63) is 45.3 Å². The molecule has 1 heterocycles. The average Bonchev–Trinajstić information content (AvgIpc) is 2.42. The van der Waals surface area contributed by atoms with Crippen LogP contribution >= 0.6 is 23.4 Å². The van der Waals surface area contributed by atoms with Gasteiger partial charge in [-0.25, -0.2) is 9.78 Å². The highest BCUT2D eigenvalue weighted by Gasteiger charge is 2.18. The van der Waals surface area contributed by atoms with Crippen LogP contribution in [0, 0.1) is 0 Å². The van der Waals surface area contributed by atoms with Gasteiger partial charge in [-0.05, 0) is 30.8 Å². The molecule has 1 aromatic heterocycles. The standard InChI is InChI=1S/C13H12ClN3O3S/c1-2-20-12(19)8-5-7(15)6-9(14)11(8)21-13-16-4-3-10(18)17-13/h3-6H,2,15H2,1H3,(H,16,17,18). The van der Waals surface area contributed by atoms with Crippen molar-refractivity contribution in [3.63, 3.8) is 0 Å². The number of nitrogens with one attached hydrogen (secondary N) is 1. The molecule has 0 radical (unpaired) electrons. The highest BCUT2D eigenvalue weighted by Crippen LogP contribution is 2.36. The van der Waals surface area contributed by atoms with Gasteiger partial charge >= 0.3 is 5.97 Å². The van der Waals surface area contributed by atoms with Crippen molar-refractivity contribution in [3.8, 4) is 0 Å². The Kier molecular flexibility index (Phi) is 4.87. The van der Waals surface area contributed by atoms with E-state index in [0.29, 0.717) is 15.7 Å². The number of esters is 1. The van der Waals surface area contributed by atoms with Gasteiger partial charge in [-0.3, -0.25) is 4.79 Å². The number of benzene rings is 1. The van der Waals surface area contributed by atoms with Gasteiger partial charge in [0.2, 0.25) is 0 Å². The second-order valence-corrected chi connectivity index (χ2v) is 5.35. The van der Waals surface area contributed by atoms with Crippen LogP contribution in [0.3, 0.4) is 0 Å². The Morgan fingerprint density at radius 3 is 2.95 bits per heavy atom. The van der Waals surface area contributed by atoms with Gasteiger partial charge in [-0.1, -0.05) is 11.6 Å². The lowest BCUT2D eigenvalue weighted by atomic mass is 10.2. The number of aromatic amines is 1. The largest absolute Gasteiger partial charge is 0.462 e. The Morgan fingerprint density at radius 2 is 2.29 bits per heavy atom. The molecule has 0 fully saturated rings. The molecule has 3 N–H and O–H groups in total. The van der Waals surface area contributed by atoms with E-state index < -0.39 is 5.97 Å². The summed E-state index contributed by atoms with van der Waals surface area (Å²) in [7, 11) is 0. The number of carbonyl (C=O) groups excluding carboxylic acids is 1. The lowest BCUT2D eigenvalue weighted by Crippen LogP contribution is -2.09. The number of rotatable bonds is 4. The zero-order chi connectivity index (χ0) is 15.4. The smallest absolute Gasteiger partial charge is 0.339 e. The van der Waals surface area contributed by atoms with Gasteiger partial charge in [-0.2, -0.15) is 0 Å². The Bertz CT molecular complexity index is 733. The number of H-pyrrole nitrogens is 1. The monoisotopic (exact) mass is 325 g/mol. The minimum Gasteiger partial charge on any atom is -0.462 e. The predicted molar refractivity (Wildman–Crippen MR) is 80.8 cm³/mol. The fourth-order valence-corrected chi connectivity index (χ4v) is 2.79. The van der Waals surface area contributed by atoms with Gasteiger partial charge < -0.3 is 15.5 Å². The highest BCUT2D eigenvalue weighted by atomic mass is 35.5. The average molecular weight is 326 g/mol. The molecule has 1 aromatic carbocycles. The Morgan fingerprint density at radius 1 is 1.52 bits per heavy atom. The van der Waals surface area contributed by atoms with Crippen LogP contribution in [0.1, 0.15) is 17.3 Å². The fourth-order valence-electron chi connectivity index (χ4n) is 1.58. The summed E-state index contributed by atoms with van der Waals surface area (Å²) >= 11 is 7.20. The minimum absolute atomic E-state index is 0.232. The molecule has 0 saturated heterocycles. The molecule has 0 amide bonds. The summed E-state index contributed by atoms with van der Waals surface area (Å²) in [6.07, 6.45) is 1.37. The number of nitrogen functional groups attached to an aromatic ring is 1. The van der Waals surface area contributed by atoms with E-state index in [1.165, 1.54) is 24.4 Å². The second kappa shape index (κ2) is 6.64. The molecule has 21 heavy (non-hydrogen) atoms. The van der Waals surface area contributed by atoms with Crippen LogP contribution in [-0.4, -0.2) is 22.5 Å². The molecule has 0 atom stereocenters. The van der Waals surface area contributed by atoms with Crippen molar-refractivity contribution >= 4 is 35.0 Å². The van der Waals surface area contributed by atoms with Crippen LogP contribution in [0.25, 0.3) is 0 Å². The number of hydrogen-bond donors (Lipinski definition) is 2. The van der Waals surface area contributed by atoms with Gasteiger partial charge in [0.1, 0.15) is 0 Å². The molecule has 0 unspecified atom stereocenters. The SMILES string of the molecule is CCOC(=O)c1cc(N)cc(Cl)c1Sc1nccc(=O)[nH]1. The summed E-state index contributed by atoms with van der Waals surface area (Å²) in [5.74, 6) is -0.535. The minimum atomic E-state index is -0.535. The number of aromatic nitrogens is 2. The van der Waals surface area contributed by atoms with Crippen LogP contribution in [0.4, 0.5) is 5.69 Å². The summed E-state index contributed by atoms with van der Waals surface area (Å²) < 4.78 is 4.98. The van der Waals surface area contributed by atoms with Crippen molar-refractivity contribution in [2.45, 2.75) is 17.0 Å². The molecule has 0 aliphatic carbocycles. The van der Waals surface area contributed by atoms with Crippen LogP contribution in [0.5, 0.6) is 0 Å². The normalized spacial score (nSPS) is 10.4. The number of nitrogens with two attached hydrogens (primary N) is 1. The summed E-state index contributed by atoms with van der Waals surface area (Å²) in [6, 6.07) is 4.29. The van der Waals surface area contributed by atoms with E-state index in [4.69, 9.17) is 22.1 Å². The third kappa shape index (κ3) is 3.77. The lowest BCUT2D eigenvalue weighted by molar-refractivity contribution is 0.0522. The maximum absolute atomic E-state index is 12.0. The van der Waals surface area contributed by atoms with Gasteiger partial charge in [0.25, 0.3) is 5.56 Å². The van der Waals surface area contributed by atoms with Crippen molar-refractivity contribution in [2.24, 2.45) is 0 Å². The molecule has 0 aliphatic heterocycles. The first-order valence-electron chi connectivity index (χ1n) is 6.00. The van der Waals surface area contributed by atoms with Gasteiger partial charge in [-0.15, -0.1) is 0 Å². The molecule has 0 aliphatic rings. The molecule has 6 nitrogen and oxygen atoms in total. The summed E-state index contributed by atoms with van der Waals surface area (Å²) in [5.41, 5.74) is 5.99. The van der Waals surface area contributed by atoms with Crippen molar-refractivity contribution in [1.82, 2.24) is 9.97 Å². The number of hydrogen-bond acceptors (Lipinski definition) is 6. The predicted octanol–water partition coefficient (Wildman–Crippen LogP) is 2.33. The first-order valence-corrected chi connectivity index (χ1v) is 7.20. The first kappa shape index (κ1) is 15.4. The third-order valence-corrected chi connectivity index (χ3v) is 3.86. The molecule has 0 saturated carbocycles. The van der Waals surface area contributed by atoms with Gasteiger partial charge in [0.15, 0.2) is 5.16 Å². The summed E-state index contributed by atoms with van der Waals surface area (Å²) in [6.45, 7) is 1.94. The topological polar surface area (TPSA) is 98.1 Å². The lowest BCUT2D eigenvalue weighted by Gasteiger charge is -2.11. The molecule has 0 bridgehead atoms. The number of carbonyl (C=O) groups is 1. The molecular weight excluding hydrogens is 314 g/mol. The Hall–Kier alpha value is -1.99.